The van der Waals surface area contributed by atoms with Crippen LogP contribution in [0.4, 0.5) is 0 Å². The molecule has 0 aliphatic carbocycles. The Kier molecular flexibility index (Phi) is 6.05. The van der Waals surface area contributed by atoms with E-state index in [1.807, 2.05) is 28.8 Å². The largest absolute Gasteiger partial charge is 0.357 e. The number of hydrogen-bond acceptors (Lipinski definition) is 5. The molecular formula is C19H27N7S. The number of aromatic nitrogens is 4. The van der Waals surface area contributed by atoms with E-state index in [-0.39, 0.29) is 5.41 Å². The van der Waals surface area contributed by atoms with Crippen molar-refractivity contribution >= 4 is 22.9 Å². The van der Waals surface area contributed by atoms with Gasteiger partial charge in [-0.25, -0.2) is 9.98 Å². The van der Waals surface area contributed by atoms with E-state index in [1.54, 1.807) is 11.3 Å². The van der Waals surface area contributed by atoms with Crippen molar-refractivity contribution in [2.75, 3.05) is 13.1 Å². The second-order valence-electron chi connectivity index (χ2n) is 7.29. The van der Waals surface area contributed by atoms with Gasteiger partial charge in [-0.1, -0.05) is 26.8 Å². The Morgan fingerprint density at radius 1 is 1.22 bits per heavy atom. The Hall–Kier alpha value is -2.48. The molecule has 0 bridgehead atoms. The van der Waals surface area contributed by atoms with Crippen LogP contribution in [0.3, 0.4) is 0 Å². The molecule has 3 heterocycles. The Morgan fingerprint density at radius 3 is 2.81 bits per heavy atom. The molecule has 144 valence electrons. The zero-order chi connectivity index (χ0) is 19.3. The molecule has 0 aromatic carbocycles. The van der Waals surface area contributed by atoms with Crippen LogP contribution in [0.1, 0.15) is 44.2 Å². The van der Waals surface area contributed by atoms with Crippen molar-refractivity contribution in [2.45, 2.75) is 46.1 Å². The first-order chi connectivity index (χ1) is 13.0. The van der Waals surface area contributed by atoms with Gasteiger partial charge in [0.2, 0.25) is 0 Å². The summed E-state index contributed by atoms with van der Waals surface area (Å²) in [6.45, 7) is 10.7. The van der Waals surface area contributed by atoms with Crippen molar-refractivity contribution < 1.29 is 0 Å². The van der Waals surface area contributed by atoms with Gasteiger partial charge in [0.05, 0.1) is 10.7 Å². The quantitative estimate of drug-likeness (QED) is 0.504. The maximum Gasteiger partial charge on any atom is 0.191 e. The van der Waals surface area contributed by atoms with Gasteiger partial charge in [-0.2, -0.15) is 0 Å². The van der Waals surface area contributed by atoms with Gasteiger partial charge in [0.15, 0.2) is 17.4 Å². The van der Waals surface area contributed by atoms with Crippen molar-refractivity contribution in [1.82, 2.24) is 30.2 Å². The molecule has 0 saturated heterocycles. The van der Waals surface area contributed by atoms with Crippen LogP contribution in [0.25, 0.3) is 5.65 Å². The van der Waals surface area contributed by atoms with E-state index in [4.69, 9.17) is 4.98 Å². The summed E-state index contributed by atoms with van der Waals surface area (Å²) < 4.78 is 1.96. The third kappa shape index (κ3) is 5.03. The molecular weight excluding hydrogens is 358 g/mol. The van der Waals surface area contributed by atoms with Gasteiger partial charge in [0.1, 0.15) is 6.54 Å². The zero-order valence-corrected chi connectivity index (χ0v) is 17.2. The summed E-state index contributed by atoms with van der Waals surface area (Å²) >= 11 is 1.72. The highest BCUT2D eigenvalue weighted by atomic mass is 32.1. The highest BCUT2D eigenvalue weighted by Crippen LogP contribution is 2.23. The lowest BCUT2D eigenvalue weighted by molar-refractivity contribution is 0.570. The van der Waals surface area contributed by atoms with Gasteiger partial charge in [0, 0.05) is 36.5 Å². The molecule has 0 spiro atoms. The number of guanidine groups is 1. The van der Waals surface area contributed by atoms with E-state index in [0.29, 0.717) is 6.54 Å². The fourth-order valence-electron chi connectivity index (χ4n) is 2.55. The molecule has 0 aliphatic rings. The van der Waals surface area contributed by atoms with Gasteiger partial charge >= 0.3 is 0 Å². The molecule has 0 amide bonds. The number of thiazole rings is 1. The van der Waals surface area contributed by atoms with E-state index < -0.39 is 0 Å². The number of pyridine rings is 1. The highest BCUT2D eigenvalue weighted by Gasteiger charge is 2.17. The minimum absolute atomic E-state index is 0.0968. The molecule has 7 nitrogen and oxygen atoms in total. The maximum atomic E-state index is 4.74. The van der Waals surface area contributed by atoms with Crippen molar-refractivity contribution in [2.24, 2.45) is 4.99 Å². The van der Waals surface area contributed by atoms with Crippen LogP contribution < -0.4 is 10.6 Å². The van der Waals surface area contributed by atoms with Crippen molar-refractivity contribution in [1.29, 1.82) is 0 Å². The summed E-state index contributed by atoms with van der Waals surface area (Å²) in [4.78, 5) is 9.38. The van der Waals surface area contributed by atoms with E-state index in [1.165, 1.54) is 0 Å². The van der Waals surface area contributed by atoms with Gasteiger partial charge < -0.3 is 10.6 Å². The van der Waals surface area contributed by atoms with Crippen molar-refractivity contribution in [3.8, 4) is 0 Å². The predicted octanol–water partition coefficient (Wildman–Crippen LogP) is 2.78. The first-order valence-electron chi connectivity index (χ1n) is 9.23. The van der Waals surface area contributed by atoms with E-state index in [2.05, 4.69) is 58.9 Å². The summed E-state index contributed by atoms with van der Waals surface area (Å²) in [7, 11) is 0. The lowest BCUT2D eigenvalue weighted by atomic mass is 9.93. The third-order valence-electron chi connectivity index (χ3n) is 4.06. The average Bonchev–Trinajstić information content (AvgIpc) is 3.26. The monoisotopic (exact) mass is 385 g/mol. The number of fused-ring (bicyclic) bond motifs is 1. The number of nitrogens with one attached hydrogen (secondary N) is 2. The molecule has 27 heavy (non-hydrogen) atoms. The zero-order valence-electron chi connectivity index (χ0n) is 16.4. The fraction of sp³-hybridized carbons (Fsp3) is 0.474. The Balaban J connectivity index is 1.58. The summed E-state index contributed by atoms with van der Waals surface area (Å²) in [5.74, 6) is 1.59. The van der Waals surface area contributed by atoms with Gasteiger partial charge in [0.25, 0.3) is 0 Å². The first kappa shape index (κ1) is 19.3. The molecule has 0 unspecified atom stereocenters. The molecule has 0 radical (unpaired) electrons. The van der Waals surface area contributed by atoms with Crippen LogP contribution in [-0.4, -0.2) is 38.6 Å². The summed E-state index contributed by atoms with van der Waals surface area (Å²) in [6.07, 6.45) is 2.83. The molecule has 0 atom stereocenters. The molecule has 3 rings (SSSR count). The van der Waals surface area contributed by atoms with Crippen molar-refractivity contribution in [3.63, 3.8) is 0 Å². The predicted molar refractivity (Wildman–Crippen MR) is 110 cm³/mol. The van der Waals surface area contributed by atoms with Crippen LogP contribution in [0.5, 0.6) is 0 Å². The lowest BCUT2D eigenvalue weighted by Crippen LogP contribution is -2.38. The number of rotatable bonds is 6. The second-order valence-corrected chi connectivity index (χ2v) is 8.24. The number of aliphatic imine (C=N–C) groups is 1. The number of hydrogen-bond donors (Lipinski definition) is 2. The third-order valence-corrected chi connectivity index (χ3v) is 4.97. The van der Waals surface area contributed by atoms with Crippen LogP contribution in [0.2, 0.25) is 0 Å². The van der Waals surface area contributed by atoms with Gasteiger partial charge in [-0.15, -0.1) is 21.5 Å². The first-order valence-corrected chi connectivity index (χ1v) is 10.1. The molecule has 0 aliphatic heterocycles. The Bertz CT molecular complexity index is 904. The van der Waals surface area contributed by atoms with Crippen LogP contribution in [-0.2, 0) is 18.4 Å². The minimum Gasteiger partial charge on any atom is -0.357 e. The lowest BCUT2D eigenvalue weighted by Gasteiger charge is -2.14. The maximum absolute atomic E-state index is 4.74. The summed E-state index contributed by atoms with van der Waals surface area (Å²) in [5, 5.41) is 18.3. The van der Waals surface area contributed by atoms with E-state index in [0.717, 1.165) is 47.6 Å². The smallest absolute Gasteiger partial charge is 0.191 e. The summed E-state index contributed by atoms with van der Waals surface area (Å²) in [5.41, 5.74) is 2.08. The van der Waals surface area contributed by atoms with Crippen molar-refractivity contribution in [3.05, 3.63) is 46.3 Å². The molecule has 0 fully saturated rings. The molecule has 2 N–H and O–H groups in total. The van der Waals surface area contributed by atoms with Gasteiger partial charge in [-0.05, 0) is 19.1 Å². The van der Waals surface area contributed by atoms with E-state index in [9.17, 15) is 0 Å². The van der Waals surface area contributed by atoms with Crippen LogP contribution in [0.15, 0.2) is 34.8 Å². The average molecular weight is 386 g/mol. The SMILES string of the molecule is CCNC(=NCc1nnc2ccccn12)NCCc1nc(C(C)(C)C)cs1. The molecule has 8 heteroatoms. The van der Waals surface area contributed by atoms with E-state index >= 15 is 0 Å². The Morgan fingerprint density at radius 2 is 2.07 bits per heavy atom. The fourth-order valence-corrected chi connectivity index (χ4v) is 3.57. The Labute approximate surface area is 164 Å². The number of nitrogens with zero attached hydrogens (tertiary/aromatic N) is 5. The highest BCUT2D eigenvalue weighted by molar-refractivity contribution is 7.09. The van der Waals surface area contributed by atoms with Gasteiger partial charge in [-0.3, -0.25) is 4.40 Å². The standard InChI is InChI=1S/C19H27N7S/c1-5-20-18(21-10-9-17-23-14(13-27-17)19(2,3)4)22-12-16-25-24-15-8-6-7-11-26(15)16/h6-8,11,13H,5,9-10,12H2,1-4H3,(H2,20,21,22). The van der Waals surface area contributed by atoms with Crippen LogP contribution in [0, 0.1) is 0 Å². The normalized spacial score (nSPS) is 12.5. The molecule has 3 aromatic rings. The second kappa shape index (κ2) is 8.47. The summed E-state index contributed by atoms with van der Waals surface area (Å²) in [6, 6.07) is 5.85. The minimum atomic E-state index is 0.0968. The topological polar surface area (TPSA) is 79.5 Å². The molecule has 0 saturated carbocycles. The van der Waals surface area contributed by atoms with Crippen LogP contribution >= 0.6 is 11.3 Å². The molecule has 3 aromatic heterocycles.